The molecule has 20 heavy (non-hydrogen) atoms. The number of ether oxygens (including phenoxy) is 2. The summed E-state index contributed by atoms with van der Waals surface area (Å²) < 4.78 is 9.51. The molecule has 1 rings (SSSR count). The number of carbonyl (C=O) groups is 2. The summed E-state index contributed by atoms with van der Waals surface area (Å²) in [4.78, 5) is 23.2. The molecular formula is C15H19NO4. The van der Waals surface area contributed by atoms with E-state index in [4.69, 9.17) is 4.74 Å². The topological polar surface area (TPSA) is 76.4 Å². The third kappa shape index (κ3) is 2.90. The van der Waals surface area contributed by atoms with Crippen molar-refractivity contribution < 1.29 is 19.1 Å². The molecule has 1 saturated carbocycles. The summed E-state index contributed by atoms with van der Waals surface area (Å²) in [6.07, 6.45) is 4.66. The Bertz CT molecular complexity index is 496. The van der Waals surface area contributed by atoms with Crippen LogP contribution in [0.15, 0.2) is 23.8 Å². The summed E-state index contributed by atoms with van der Waals surface area (Å²) in [5.41, 5.74) is -0.217. The zero-order valence-electron chi connectivity index (χ0n) is 12.2. The normalized spacial score (nSPS) is 27.6. The van der Waals surface area contributed by atoms with Gasteiger partial charge in [-0.25, -0.2) is 4.79 Å². The molecular weight excluding hydrogens is 258 g/mol. The second-order valence-corrected chi connectivity index (χ2v) is 4.88. The van der Waals surface area contributed by atoms with Crippen LogP contribution in [0.25, 0.3) is 0 Å². The standard InChI is InChI=1S/C15H19NO4/c1-5-20-14(18)15(9-16)11(6-7-13(17)19-4)12(15)8-10(2)3/h6-8,11-12H,5H2,1-4H3/b7-6+/t11-,12-,15?/m1/s1. The largest absolute Gasteiger partial charge is 0.466 e. The Balaban J connectivity index is 3.04. The van der Waals surface area contributed by atoms with E-state index >= 15 is 0 Å². The predicted octanol–water partition coefficient (Wildman–Crippen LogP) is 2.00. The average Bonchev–Trinajstić information content (AvgIpc) is 3.02. The molecule has 0 aromatic carbocycles. The maximum Gasteiger partial charge on any atom is 0.330 e. The third-order valence-corrected chi connectivity index (χ3v) is 3.28. The van der Waals surface area contributed by atoms with Crippen LogP contribution in [0.2, 0.25) is 0 Å². The monoisotopic (exact) mass is 277 g/mol. The van der Waals surface area contributed by atoms with E-state index in [1.165, 1.54) is 13.2 Å². The molecule has 5 nitrogen and oxygen atoms in total. The number of methoxy groups -OCH3 is 1. The van der Waals surface area contributed by atoms with Gasteiger partial charge in [-0.1, -0.05) is 17.7 Å². The van der Waals surface area contributed by atoms with Crippen LogP contribution in [0, 0.1) is 28.6 Å². The first-order chi connectivity index (χ1) is 9.43. The molecule has 108 valence electrons. The molecule has 0 heterocycles. The van der Waals surface area contributed by atoms with Gasteiger partial charge in [-0.05, 0) is 20.8 Å². The number of nitrogens with zero attached hydrogens (tertiary/aromatic N) is 1. The molecule has 0 bridgehead atoms. The van der Waals surface area contributed by atoms with Gasteiger partial charge in [-0.15, -0.1) is 0 Å². The molecule has 0 aromatic rings. The molecule has 0 radical (unpaired) electrons. The van der Waals surface area contributed by atoms with E-state index < -0.39 is 17.4 Å². The molecule has 3 atom stereocenters. The lowest BCUT2D eigenvalue weighted by atomic mass is 10.0. The number of carbonyl (C=O) groups excluding carboxylic acids is 2. The summed E-state index contributed by atoms with van der Waals surface area (Å²) in [5.74, 6) is -1.67. The minimum Gasteiger partial charge on any atom is -0.466 e. The highest BCUT2D eigenvalue weighted by molar-refractivity contribution is 5.87. The lowest BCUT2D eigenvalue weighted by molar-refractivity contribution is -0.148. The highest BCUT2D eigenvalue weighted by Crippen LogP contribution is 2.61. The third-order valence-electron chi connectivity index (χ3n) is 3.28. The van der Waals surface area contributed by atoms with Gasteiger partial charge < -0.3 is 9.47 Å². The van der Waals surface area contributed by atoms with Crippen molar-refractivity contribution in [1.29, 1.82) is 5.26 Å². The van der Waals surface area contributed by atoms with Crippen LogP contribution in [0.4, 0.5) is 0 Å². The van der Waals surface area contributed by atoms with Crippen molar-refractivity contribution >= 4 is 11.9 Å². The van der Waals surface area contributed by atoms with Crippen molar-refractivity contribution in [2.45, 2.75) is 20.8 Å². The Morgan fingerprint density at radius 3 is 2.45 bits per heavy atom. The zero-order chi connectivity index (χ0) is 15.3. The smallest absolute Gasteiger partial charge is 0.330 e. The van der Waals surface area contributed by atoms with Crippen LogP contribution in [0.3, 0.4) is 0 Å². The number of esters is 2. The molecule has 1 aliphatic rings. The average molecular weight is 277 g/mol. The molecule has 0 aromatic heterocycles. The van der Waals surface area contributed by atoms with E-state index in [0.717, 1.165) is 5.57 Å². The van der Waals surface area contributed by atoms with Gasteiger partial charge in [-0.3, -0.25) is 4.79 Å². The van der Waals surface area contributed by atoms with Crippen molar-refractivity contribution in [1.82, 2.24) is 0 Å². The molecule has 1 unspecified atom stereocenters. The van der Waals surface area contributed by atoms with Crippen LogP contribution in [0.1, 0.15) is 20.8 Å². The van der Waals surface area contributed by atoms with Gasteiger partial charge in [-0.2, -0.15) is 5.26 Å². The summed E-state index contributed by atoms with van der Waals surface area (Å²) in [6.45, 7) is 5.71. The summed E-state index contributed by atoms with van der Waals surface area (Å²) in [7, 11) is 1.27. The number of nitriles is 1. The second-order valence-electron chi connectivity index (χ2n) is 4.88. The van der Waals surface area contributed by atoms with Crippen LogP contribution in [0.5, 0.6) is 0 Å². The van der Waals surface area contributed by atoms with E-state index in [1.54, 1.807) is 13.0 Å². The zero-order valence-corrected chi connectivity index (χ0v) is 12.2. The van der Waals surface area contributed by atoms with Crippen LogP contribution >= 0.6 is 0 Å². The van der Waals surface area contributed by atoms with Gasteiger partial charge in [0.05, 0.1) is 19.8 Å². The molecule has 1 fully saturated rings. The summed E-state index contributed by atoms with van der Waals surface area (Å²) in [6, 6.07) is 2.06. The fourth-order valence-corrected chi connectivity index (χ4v) is 2.28. The van der Waals surface area contributed by atoms with E-state index in [-0.39, 0.29) is 18.4 Å². The van der Waals surface area contributed by atoms with Gasteiger partial charge in [0.15, 0.2) is 5.41 Å². The fraction of sp³-hybridized carbons (Fsp3) is 0.533. The molecule has 0 amide bonds. The minimum atomic E-state index is -1.22. The second kappa shape index (κ2) is 6.38. The van der Waals surface area contributed by atoms with Crippen molar-refractivity contribution in [2.75, 3.05) is 13.7 Å². The van der Waals surface area contributed by atoms with Crippen LogP contribution < -0.4 is 0 Å². The van der Waals surface area contributed by atoms with Crippen molar-refractivity contribution in [3.8, 4) is 6.07 Å². The molecule has 0 aliphatic heterocycles. The highest BCUT2D eigenvalue weighted by atomic mass is 16.5. The van der Waals surface area contributed by atoms with E-state index in [0.29, 0.717) is 0 Å². The maximum absolute atomic E-state index is 12.1. The SMILES string of the molecule is CCOC(=O)C1(C#N)[C@H](C=C(C)C)[C@H]1/C=C/C(=O)OC. The van der Waals surface area contributed by atoms with Crippen LogP contribution in [-0.2, 0) is 19.1 Å². The number of rotatable bonds is 5. The highest BCUT2D eigenvalue weighted by Gasteiger charge is 2.69. The Hall–Kier alpha value is -2.09. The first-order valence-corrected chi connectivity index (χ1v) is 6.43. The van der Waals surface area contributed by atoms with E-state index in [1.807, 2.05) is 19.9 Å². The van der Waals surface area contributed by atoms with Crippen molar-refractivity contribution in [3.05, 3.63) is 23.8 Å². The first-order valence-electron chi connectivity index (χ1n) is 6.43. The summed E-state index contributed by atoms with van der Waals surface area (Å²) in [5, 5.41) is 9.40. The Labute approximate surface area is 118 Å². The predicted molar refractivity (Wildman–Crippen MR) is 72.2 cm³/mol. The van der Waals surface area contributed by atoms with Gasteiger partial charge in [0.25, 0.3) is 0 Å². The fourth-order valence-electron chi connectivity index (χ4n) is 2.28. The van der Waals surface area contributed by atoms with Crippen molar-refractivity contribution in [2.24, 2.45) is 17.3 Å². The summed E-state index contributed by atoms with van der Waals surface area (Å²) >= 11 is 0. The van der Waals surface area contributed by atoms with Gasteiger partial charge in [0.2, 0.25) is 0 Å². The molecule has 5 heteroatoms. The number of hydrogen-bond acceptors (Lipinski definition) is 5. The van der Waals surface area contributed by atoms with E-state index in [2.05, 4.69) is 10.8 Å². The van der Waals surface area contributed by atoms with Gasteiger partial charge in [0, 0.05) is 17.9 Å². The van der Waals surface area contributed by atoms with Crippen molar-refractivity contribution in [3.63, 3.8) is 0 Å². The van der Waals surface area contributed by atoms with Gasteiger partial charge >= 0.3 is 11.9 Å². The molecule has 0 saturated heterocycles. The Morgan fingerprint density at radius 2 is 2.00 bits per heavy atom. The van der Waals surface area contributed by atoms with E-state index in [9.17, 15) is 14.9 Å². The molecule has 0 spiro atoms. The first kappa shape index (κ1) is 16.0. The molecule has 1 aliphatic carbocycles. The number of allylic oxidation sites excluding steroid dienone is 3. The lowest BCUT2D eigenvalue weighted by Crippen LogP contribution is -2.20. The maximum atomic E-state index is 12.1. The Kier molecular flexibility index (Phi) is 5.09. The minimum absolute atomic E-state index is 0.219. The number of hydrogen-bond donors (Lipinski definition) is 0. The molecule has 0 N–H and O–H groups in total. The lowest BCUT2D eigenvalue weighted by Gasteiger charge is -2.06. The quantitative estimate of drug-likeness (QED) is 0.436. The van der Waals surface area contributed by atoms with Gasteiger partial charge in [0.1, 0.15) is 0 Å². The Morgan fingerprint density at radius 1 is 1.35 bits per heavy atom. The van der Waals surface area contributed by atoms with Crippen LogP contribution in [-0.4, -0.2) is 25.7 Å².